The van der Waals surface area contributed by atoms with E-state index < -0.39 is 0 Å². The Bertz CT molecular complexity index is 579. The third kappa shape index (κ3) is 2.53. The van der Waals surface area contributed by atoms with Crippen molar-refractivity contribution in [1.29, 1.82) is 0 Å². The molecule has 20 heavy (non-hydrogen) atoms. The second-order valence-electron chi connectivity index (χ2n) is 4.82. The molecule has 1 unspecified atom stereocenters. The lowest BCUT2D eigenvalue weighted by Gasteiger charge is -2.32. The summed E-state index contributed by atoms with van der Waals surface area (Å²) in [5.74, 6) is -0.142. The van der Waals surface area contributed by atoms with Gasteiger partial charge in [-0.1, -0.05) is 0 Å². The molecule has 1 amide bonds. The highest BCUT2D eigenvalue weighted by atomic mass is 32.1. The number of rotatable bonds is 3. The van der Waals surface area contributed by atoms with Crippen molar-refractivity contribution in [3.05, 3.63) is 29.5 Å². The van der Waals surface area contributed by atoms with Gasteiger partial charge in [-0.05, 0) is 18.9 Å². The molecule has 0 spiro atoms. The molecule has 0 radical (unpaired) electrons. The van der Waals surface area contributed by atoms with E-state index in [1.807, 2.05) is 22.5 Å². The van der Waals surface area contributed by atoms with E-state index >= 15 is 0 Å². The number of hydrogen-bond acceptors (Lipinski definition) is 5. The Labute approximate surface area is 121 Å². The second kappa shape index (κ2) is 5.62. The molecule has 3 heterocycles. The molecule has 3 rings (SSSR count). The van der Waals surface area contributed by atoms with Gasteiger partial charge in [0.25, 0.3) is 5.91 Å². The van der Waals surface area contributed by atoms with Crippen LogP contribution < -0.4 is 10.2 Å². The van der Waals surface area contributed by atoms with Gasteiger partial charge in [-0.25, -0.2) is 4.98 Å². The third-order valence-corrected chi connectivity index (χ3v) is 4.36. The first-order chi connectivity index (χ1) is 9.78. The number of nitrogens with zero attached hydrogens (tertiary/aromatic N) is 4. The minimum atomic E-state index is -0.142. The van der Waals surface area contributed by atoms with Crippen molar-refractivity contribution in [2.45, 2.75) is 18.9 Å². The molecule has 106 valence electrons. The molecule has 0 aromatic carbocycles. The number of carbonyl (C=O) groups is 1. The summed E-state index contributed by atoms with van der Waals surface area (Å²) >= 11 is 1.66. The average Bonchev–Trinajstić information content (AvgIpc) is 3.18. The van der Waals surface area contributed by atoms with E-state index in [9.17, 15) is 4.79 Å². The maximum absolute atomic E-state index is 11.6. The molecule has 2 aromatic heterocycles. The maximum Gasteiger partial charge on any atom is 0.271 e. The summed E-state index contributed by atoms with van der Waals surface area (Å²) in [5, 5.41) is 10.0. The van der Waals surface area contributed by atoms with Crippen LogP contribution in [0.15, 0.2) is 23.8 Å². The van der Waals surface area contributed by atoms with Crippen LogP contribution in [-0.2, 0) is 0 Å². The van der Waals surface area contributed by atoms with Gasteiger partial charge < -0.3 is 10.2 Å². The quantitative estimate of drug-likeness (QED) is 0.932. The van der Waals surface area contributed by atoms with Crippen LogP contribution in [0.2, 0.25) is 0 Å². The van der Waals surface area contributed by atoms with E-state index in [1.54, 1.807) is 24.5 Å². The average molecular weight is 291 g/mol. The number of aromatic nitrogens is 3. The first-order valence-electron chi connectivity index (χ1n) is 6.69. The molecule has 1 aliphatic heterocycles. The Kier molecular flexibility index (Phi) is 3.68. The van der Waals surface area contributed by atoms with Gasteiger partial charge in [0.1, 0.15) is 5.69 Å². The highest BCUT2D eigenvalue weighted by molar-refractivity contribution is 7.13. The van der Waals surface area contributed by atoms with Crippen molar-refractivity contribution in [3.8, 4) is 0 Å². The lowest BCUT2D eigenvalue weighted by atomic mass is 10.1. The van der Waals surface area contributed by atoms with E-state index in [-0.39, 0.29) is 5.91 Å². The molecule has 1 fully saturated rings. The van der Waals surface area contributed by atoms with Crippen LogP contribution in [0, 0.1) is 0 Å². The van der Waals surface area contributed by atoms with Crippen LogP contribution in [0.25, 0.3) is 0 Å². The van der Waals surface area contributed by atoms with Gasteiger partial charge in [-0.3, -0.25) is 9.48 Å². The summed E-state index contributed by atoms with van der Waals surface area (Å²) in [6, 6.07) is 2.06. The van der Waals surface area contributed by atoms with Crippen LogP contribution >= 0.6 is 11.3 Å². The van der Waals surface area contributed by atoms with Crippen LogP contribution in [0.3, 0.4) is 0 Å². The fourth-order valence-electron chi connectivity index (χ4n) is 2.51. The van der Waals surface area contributed by atoms with Crippen molar-refractivity contribution in [2.75, 3.05) is 25.0 Å². The fraction of sp³-hybridized carbons (Fsp3) is 0.462. The molecule has 2 aromatic rings. The largest absolute Gasteiger partial charge is 0.354 e. The first kappa shape index (κ1) is 13.1. The molecular weight excluding hydrogens is 274 g/mol. The Balaban J connectivity index is 1.73. The van der Waals surface area contributed by atoms with Crippen LogP contribution in [0.5, 0.6) is 0 Å². The molecule has 6 nitrogen and oxygen atoms in total. The molecule has 1 aliphatic rings. The molecule has 0 bridgehead atoms. The third-order valence-electron chi connectivity index (χ3n) is 3.53. The number of amides is 1. The van der Waals surface area contributed by atoms with Gasteiger partial charge in [0.2, 0.25) is 0 Å². The van der Waals surface area contributed by atoms with E-state index in [2.05, 4.69) is 20.3 Å². The first-order valence-corrected chi connectivity index (χ1v) is 7.57. The summed E-state index contributed by atoms with van der Waals surface area (Å²) in [5.41, 5.74) is 0.471. The Morgan fingerprint density at radius 1 is 1.55 bits per heavy atom. The summed E-state index contributed by atoms with van der Waals surface area (Å²) in [4.78, 5) is 18.2. The van der Waals surface area contributed by atoms with Crippen molar-refractivity contribution in [2.24, 2.45) is 0 Å². The predicted octanol–water partition coefficient (Wildman–Crippen LogP) is 1.54. The minimum Gasteiger partial charge on any atom is -0.354 e. The standard InChI is InChI=1S/C13H17N5OS/c1-14-12(19)11-4-7-18(16-11)10-3-2-6-17(9-10)13-15-5-8-20-13/h4-5,7-8,10H,2-3,6,9H2,1H3,(H,14,19). The zero-order valence-electron chi connectivity index (χ0n) is 11.3. The fourth-order valence-corrected chi connectivity index (χ4v) is 3.19. The van der Waals surface area contributed by atoms with E-state index in [1.165, 1.54) is 0 Å². The number of hydrogen-bond donors (Lipinski definition) is 1. The maximum atomic E-state index is 11.6. The topological polar surface area (TPSA) is 63.1 Å². The lowest BCUT2D eigenvalue weighted by Crippen LogP contribution is -2.36. The minimum absolute atomic E-state index is 0.142. The Morgan fingerprint density at radius 2 is 2.45 bits per heavy atom. The van der Waals surface area contributed by atoms with Gasteiger partial charge in [0.15, 0.2) is 5.13 Å². The normalized spacial score (nSPS) is 19.1. The van der Waals surface area contributed by atoms with E-state index in [4.69, 9.17) is 0 Å². The molecular formula is C13H17N5OS. The van der Waals surface area contributed by atoms with Gasteiger partial charge in [-0.2, -0.15) is 5.10 Å². The molecule has 7 heteroatoms. The van der Waals surface area contributed by atoms with E-state index in [0.717, 1.165) is 31.1 Å². The summed E-state index contributed by atoms with van der Waals surface area (Å²) in [6.45, 7) is 1.93. The van der Waals surface area contributed by atoms with Crippen molar-refractivity contribution in [1.82, 2.24) is 20.1 Å². The highest BCUT2D eigenvalue weighted by Crippen LogP contribution is 2.27. The van der Waals surface area contributed by atoms with Gasteiger partial charge in [0.05, 0.1) is 6.04 Å². The van der Waals surface area contributed by atoms with Crippen molar-refractivity contribution < 1.29 is 4.79 Å². The Morgan fingerprint density at radius 3 is 3.20 bits per heavy atom. The zero-order chi connectivity index (χ0) is 13.9. The summed E-state index contributed by atoms with van der Waals surface area (Å²) in [7, 11) is 1.62. The monoisotopic (exact) mass is 291 g/mol. The number of anilines is 1. The zero-order valence-corrected chi connectivity index (χ0v) is 12.1. The number of thiazole rings is 1. The smallest absolute Gasteiger partial charge is 0.271 e. The number of piperidine rings is 1. The van der Waals surface area contributed by atoms with Crippen molar-refractivity contribution >= 4 is 22.4 Å². The molecule has 1 saturated heterocycles. The van der Waals surface area contributed by atoms with Crippen LogP contribution in [0.4, 0.5) is 5.13 Å². The van der Waals surface area contributed by atoms with Gasteiger partial charge >= 0.3 is 0 Å². The molecule has 0 saturated carbocycles. The molecule has 1 N–H and O–H groups in total. The molecule has 0 aliphatic carbocycles. The summed E-state index contributed by atoms with van der Waals surface area (Å²) < 4.78 is 1.91. The van der Waals surface area contributed by atoms with Crippen molar-refractivity contribution in [3.63, 3.8) is 0 Å². The van der Waals surface area contributed by atoms with Crippen LogP contribution in [-0.4, -0.2) is 40.8 Å². The highest BCUT2D eigenvalue weighted by Gasteiger charge is 2.23. The predicted molar refractivity (Wildman–Crippen MR) is 78.2 cm³/mol. The number of carbonyl (C=O) groups excluding carboxylic acids is 1. The van der Waals surface area contributed by atoms with Gasteiger partial charge in [0, 0.05) is 37.9 Å². The van der Waals surface area contributed by atoms with E-state index in [0.29, 0.717) is 11.7 Å². The summed E-state index contributed by atoms with van der Waals surface area (Å²) in [6.07, 6.45) is 5.91. The lowest BCUT2D eigenvalue weighted by molar-refractivity contribution is 0.0957. The molecule has 1 atom stereocenters. The Hall–Kier alpha value is -1.89. The van der Waals surface area contributed by atoms with Gasteiger partial charge in [-0.15, -0.1) is 11.3 Å². The SMILES string of the molecule is CNC(=O)c1ccn(C2CCCN(c3nccs3)C2)n1. The number of nitrogens with one attached hydrogen (secondary N) is 1. The van der Waals surface area contributed by atoms with Crippen LogP contribution in [0.1, 0.15) is 29.4 Å². The second-order valence-corrected chi connectivity index (χ2v) is 5.69.